The second kappa shape index (κ2) is 6.17. The van der Waals surface area contributed by atoms with E-state index in [2.05, 4.69) is 18.7 Å². The van der Waals surface area contributed by atoms with Crippen LogP contribution < -0.4 is 0 Å². The molecule has 1 saturated heterocycles. The maximum atomic E-state index is 10.4. The van der Waals surface area contributed by atoms with Gasteiger partial charge < -0.3 is 10.2 Å². The fraction of sp³-hybridized carbons (Fsp3) is 1.00. The van der Waals surface area contributed by atoms with Crippen LogP contribution in [0.1, 0.15) is 53.4 Å². The van der Waals surface area contributed by atoms with E-state index in [1.807, 2.05) is 13.8 Å². The van der Waals surface area contributed by atoms with Gasteiger partial charge in [0.2, 0.25) is 0 Å². The van der Waals surface area contributed by atoms with Gasteiger partial charge in [0.1, 0.15) is 0 Å². The van der Waals surface area contributed by atoms with E-state index in [1.54, 1.807) is 0 Å². The van der Waals surface area contributed by atoms with E-state index in [1.165, 1.54) is 12.8 Å². The lowest BCUT2D eigenvalue weighted by atomic mass is 9.89. The molecule has 2 N–H and O–H groups in total. The number of nitrogens with zero attached hydrogens (tertiary/aromatic N) is 1. The van der Waals surface area contributed by atoms with Gasteiger partial charge in [0.05, 0.1) is 11.7 Å². The fourth-order valence-electron chi connectivity index (χ4n) is 2.52. The van der Waals surface area contributed by atoms with Gasteiger partial charge in [-0.3, -0.25) is 4.90 Å². The molecule has 1 fully saturated rings. The summed E-state index contributed by atoms with van der Waals surface area (Å²) in [5.74, 6) is 0.261. The number of rotatable bonds is 5. The molecule has 3 nitrogen and oxygen atoms in total. The Hall–Kier alpha value is -0.120. The molecule has 0 spiro atoms. The van der Waals surface area contributed by atoms with Crippen molar-refractivity contribution in [3.8, 4) is 0 Å². The third-order valence-electron chi connectivity index (χ3n) is 4.13. The highest BCUT2D eigenvalue weighted by Gasteiger charge is 2.32. The molecular formula is C14H29NO2. The summed E-state index contributed by atoms with van der Waals surface area (Å²) in [5, 5.41) is 19.9. The Labute approximate surface area is 106 Å². The molecule has 0 saturated carbocycles. The van der Waals surface area contributed by atoms with E-state index in [0.29, 0.717) is 6.04 Å². The number of β-amino-alcohol motifs (C(OH)–C–C–N with tert-alkyl or cyclic N) is 1. The summed E-state index contributed by atoms with van der Waals surface area (Å²) >= 11 is 0. The highest BCUT2D eigenvalue weighted by Crippen LogP contribution is 2.25. The minimum Gasteiger partial charge on any atom is -0.393 e. The molecule has 17 heavy (non-hydrogen) atoms. The summed E-state index contributed by atoms with van der Waals surface area (Å²) in [6.07, 6.45) is 4.19. The van der Waals surface area contributed by atoms with Gasteiger partial charge in [-0.15, -0.1) is 0 Å². The number of piperidine rings is 1. The van der Waals surface area contributed by atoms with Crippen LogP contribution in [-0.2, 0) is 0 Å². The van der Waals surface area contributed by atoms with Gasteiger partial charge in [-0.25, -0.2) is 0 Å². The van der Waals surface area contributed by atoms with Crippen LogP contribution in [0.5, 0.6) is 0 Å². The summed E-state index contributed by atoms with van der Waals surface area (Å²) in [6.45, 7) is 9.68. The van der Waals surface area contributed by atoms with Gasteiger partial charge in [-0.05, 0) is 45.6 Å². The third-order valence-corrected chi connectivity index (χ3v) is 4.13. The van der Waals surface area contributed by atoms with Crippen molar-refractivity contribution in [1.82, 2.24) is 4.90 Å². The first kappa shape index (κ1) is 14.9. The SMILES string of the molecule is CC(O)CC1CCCCN1CC(C)(O)C(C)C. The molecule has 0 amide bonds. The second-order valence-electron chi connectivity index (χ2n) is 6.22. The van der Waals surface area contributed by atoms with Crippen molar-refractivity contribution < 1.29 is 10.2 Å². The number of aliphatic hydroxyl groups excluding tert-OH is 1. The Balaban J connectivity index is 2.59. The van der Waals surface area contributed by atoms with Crippen LogP contribution in [0, 0.1) is 5.92 Å². The number of likely N-dealkylation sites (tertiary alicyclic amines) is 1. The zero-order valence-electron chi connectivity index (χ0n) is 11.8. The van der Waals surface area contributed by atoms with E-state index in [4.69, 9.17) is 0 Å². The first-order valence-electron chi connectivity index (χ1n) is 6.97. The Morgan fingerprint density at radius 2 is 1.94 bits per heavy atom. The Kier molecular flexibility index (Phi) is 5.42. The highest BCUT2D eigenvalue weighted by atomic mass is 16.3. The molecule has 0 aromatic rings. The van der Waals surface area contributed by atoms with E-state index >= 15 is 0 Å². The van der Waals surface area contributed by atoms with Gasteiger partial charge in [0.25, 0.3) is 0 Å². The molecule has 1 heterocycles. The van der Waals surface area contributed by atoms with Gasteiger partial charge in [-0.2, -0.15) is 0 Å². The number of aliphatic hydroxyl groups is 2. The summed E-state index contributed by atoms with van der Waals surface area (Å²) in [4.78, 5) is 2.37. The van der Waals surface area contributed by atoms with E-state index < -0.39 is 5.60 Å². The molecule has 3 atom stereocenters. The van der Waals surface area contributed by atoms with Crippen molar-refractivity contribution in [3.63, 3.8) is 0 Å². The van der Waals surface area contributed by atoms with Crippen molar-refractivity contribution in [3.05, 3.63) is 0 Å². The average molecular weight is 243 g/mol. The summed E-state index contributed by atoms with van der Waals surface area (Å²) in [6, 6.07) is 0.439. The Morgan fingerprint density at radius 1 is 1.29 bits per heavy atom. The molecule has 0 aliphatic carbocycles. The van der Waals surface area contributed by atoms with Crippen LogP contribution in [-0.4, -0.2) is 45.9 Å². The first-order chi connectivity index (χ1) is 7.83. The van der Waals surface area contributed by atoms with Crippen molar-refractivity contribution in [2.75, 3.05) is 13.1 Å². The maximum Gasteiger partial charge on any atom is 0.0768 e. The minimum atomic E-state index is -0.631. The van der Waals surface area contributed by atoms with Gasteiger partial charge in [-0.1, -0.05) is 20.3 Å². The van der Waals surface area contributed by atoms with Crippen LogP contribution >= 0.6 is 0 Å². The van der Waals surface area contributed by atoms with Crippen molar-refractivity contribution in [2.24, 2.45) is 5.92 Å². The topological polar surface area (TPSA) is 43.7 Å². The van der Waals surface area contributed by atoms with Crippen molar-refractivity contribution in [2.45, 2.75) is 71.1 Å². The summed E-state index contributed by atoms with van der Waals surface area (Å²) < 4.78 is 0. The molecule has 1 aliphatic rings. The smallest absolute Gasteiger partial charge is 0.0768 e. The Bertz CT molecular complexity index is 226. The summed E-state index contributed by atoms with van der Waals surface area (Å²) in [5.41, 5.74) is -0.631. The standard InChI is InChI=1S/C14H29NO2/c1-11(2)14(4,17)10-15-8-6-5-7-13(15)9-12(3)16/h11-13,16-17H,5-10H2,1-4H3. The lowest BCUT2D eigenvalue weighted by Crippen LogP contribution is -2.50. The monoisotopic (exact) mass is 243 g/mol. The number of hydrogen-bond acceptors (Lipinski definition) is 3. The molecule has 0 aromatic carbocycles. The van der Waals surface area contributed by atoms with Crippen LogP contribution in [0.3, 0.4) is 0 Å². The fourth-order valence-corrected chi connectivity index (χ4v) is 2.52. The zero-order valence-corrected chi connectivity index (χ0v) is 11.8. The summed E-state index contributed by atoms with van der Waals surface area (Å²) in [7, 11) is 0. The van der Waals surface area contributed by atoms with Crippen molar-refractivity contribution >= 4 is 0 Å². The Morgan fingerprint density at radius 3 is 2.47 bits per heavy atom. The van der Waals surface area contributed by atoms with Crippen LogP contribution in [0.4, 0.5) is 0 Å². The molecule has 1 rings (SSSR count). The largest absolute Gasteiger partial charge is 0.393 e. The third kappa shape index (κ3) is 4.57. The lowest BCUT2D eigenvalue weighted by Gasteiger charge is -2.41. The average Bonchev–Trinajstić information content (AvgIpc) is 2.19. The van der Waals surface area contributed by atoms with Crippen LogP contribution in [0.2, 0.25) is 0 Å². The molecule has 1 aliphatic heterocycles. The first-order valence-corrected chi connectivity index (χ1v) is 6.97. The molecule has 0 radical (unpaired) electrons. The predicted molar refractivity (Wildman–Crippen MR) is 71.0 cm³/mol. The molecule has 3 unspecified atom stereocenters. The molecule has 102 valence electrons. The zero-order chi connectivity index (χ0) is 13.1. The van der Waals surface area contributed by atoms with Gasteiger partial charge in [0.15, 0.2) is 0 Å². The maximum absolute atomic E-state index is 10.4. The normalized spacial score (nSPS) is 28.1. The van der Waals surface area contributed by atoms with Gasteiger partial charge in [0, 0.05) is 12.6 Å². The quantitative estimate of drug-likeness (QED) is 0.776. The molecule has 0 bridgehead atoms. The second-order valence-corrected chi connectivity index (χ2v) is 6.22. The van der Waals surface area contributed by atoms with E-state index in [9.17, 15) is 10.2 Å². The molecule has 3 heteroatoms. The highest BCUT2D eigenvalue weighted by molar-refractivity contribution is 4.86. The predicted octanol–water partition coefficient (Wildman–Crippen LogP) is 2.02. The molecule has 0 aromatic heterocycles. The van der Waals surface area contributed by atoms with Crippen molar-refractivity contribution in [1.29, 1.82) is 0 Å². The van der Waals surface area contributed by atoms with Crippen LogP contribution in [0.25, 0.3) is 0 Å². The lowest BCUT2D eigenvalue weighted by molar-refractivity contribution is -0.0413. The van der Waals surface area contributed by atoms with E-state index in [0.717, 1.165) is 25.9 Å². The number of hydrogen-bond donors (Lipinski definition) is 2. The molecular weight excluding hydrogens is 214 g/mol. The van der Waals surface area contributed by atoms with Gasteiger partial charge >= 0.3 is 0 Å². The minimum absolute atomic E-state index is 0.246. The van der Waals surface area contributed by atoms with E-state index in [-0.39, 0.29) is 12.0 Å². The van der Waals surface area contributed by atoms with Crippen LogP contribution in [0.15, 0.2) is 0 Å².